The van der Waals surface area contributed by atoms with Gasteiger partial charge in [0, 0.05) is 0 Å². The number of carbonyl (C=O) groups excluding carboxylic acids is 1. The minimum atomic E-state index is -0.948. The van der Waals surface area contributed by atoms with E-state index in [1.165, 1.54) is 17.4 Å². The Morgan fingerprint density at radius 3 is 2.88 bits per heavy atom. The summed E-state index contributed by atoms with van der Waals surface area (Å²) in [6, 6.07) is 6.83. The summed E-state index contributed by atoms with van der Waals surface area (Å²) in [6.45, 7) is 1.66. The number of rotatable bonds is 5. The third-order valence-corrected chi connectivity index (χ3v) is 4.80. The van der Waals surface area contributed by atoms with Crippen molar-refractivity contribution in [1.82, 2.24) is 20.1 Å². The maximum absolute atomic E-state index is 13.3. The normalized spacial score (nSPS) is 12.1. The Hall–Kier alpha value is -2.39. The number of H-pyrrole nitrogens is 1. The van der Waals surface area contributed by atoms with Crippen molar-refractivity contribution in [2.24, 2.45) is 0 Å². The number of halogens is 2. The van der Waals surface area contributed by atoms with E-state index in [0.29, 0.717) is 16.2 Å². The molecule has 0 aliphatic rings. The zero-order valence-corrected chi connectivity index (χ0v) is 14.8. The van der Waals surface area contributed by atoms with Crippen LogP contribution in [-0.2, 0) is 11.3 Å². The molecule has 0 radical (unpaired) electrons. The average molecular weight is 380 g/mol. The van der Waals surface area contributed by atoms with Gasteiger partial charge in [0.05, 0.1) is 10.9 Å². The number of amides is 1. The lowest BCUT2D eigenvalue weighted by molar-refractivity contribution is -0.122. The van der Waals surface area contributed by atoms with E-state index in [-0.39, 0.29) is 12.5 Å². The summed E-state index contributed by atoms with van der Waals surface area (Å²) in [5, 5.41) is 11.5. The molecule has 0 bridgehead atoms. The SMILES string of the molecule is CC(NC(=O)Cn1c(-c2cccs2)n[nH]c1=S)c1ccc(F)c(F)c1. The Morgan fingerprint density at radius 2 is 2.20 bits per heavy atom. The molecule has 2 heterocycles. The van der Waals surface area contributed by atoms with Gasteiger partial charge in [0.2, 0.25) is 5.91 Å². The first-order valence-corrected chi connectivity index (χ1v) is 8.68. The number of hydrogen-bond donors (Lipinski definition) is 2. The van der Waals surface area contributed by atoms with Gasteiger partial charge in [-0.1, -0.05) is 12.1 Å². The minimum absolute atomic E-state index is 0.0312. The Balaban J connectivity index is 1.74. The second-order valence-corrected chi connectivity index (χ2v) is 6.71. The highest BCUT2D eigenvalue weighted by molar-refractivity contribution is 7.71. The second-order valence-electron chi connectivity index (χ2n) is 5.38. The van der Waals surface area contributed by atoms with Gasteiger partial charge >= 0.3 is 0 Å². The smallest absolute Gasteiger partial charge is 0.240 e. The molecule has 130 valence electrons. The summed E-state index contributed by atoms with van der Waals surface area (Å²) in [4.78, 5) is 13.2. The van der Waals surface area contributed by atoms with Crippen molar-refractivity contribution in [2.75, 3.05) is 0 Å². The third kappa shape index (κ3) is 3.83. The lowest BCUT2D eigenvalue weighted by Crippen LogP contribution is -2.30. The van der Waals surface area contributed by atoms with Gasteiger partial charge in [0.15, 0.2) is 22.2 Å². The Bertz CT molecular complexity index is 949. The molecule has 0 saturated carbocycles. The van der Waals surface area contributed by atoms with Crippen LogP contribution in [0.15, 0.2) is 35.7 Å². The van der Waals surface area contributed by atoms with E-state index in [4.69, 9.17) is 12.2 Å². The molecule has 1 aromatic carbocycles. The first-order valence-electron chi connectivity index (χ1n) is 7.39. The Labute approximate surface area is 151 Å². The van der Waals surface area contributed by atoms with E-state index < -0.39 is 17.7 Å². The number of nitrogens with zero attached hydrogens (tertiary/aromatic N) is 2. The third-order valence-electron chi connectivity index (χ3n) is 3.62. The van der Waals surface area contributed by atoms with Gasteiger partial charge in [-0.3, -0.25) is 14.5 Å². The van der Waals surface area contributed by atoms with Crippen LogP contribution in [0.5, 0.6) is 0 Å². The number of aromatic amines is 1. The van der Waals surface area contributed by atoms with Crippen molar-refractivity contribution in [2.45, 2.75) is 19.5 Å². The van der Waals surface area contributed by atoms with Crippen molar-refractivity contribution >= 4 is 29.5 Å². The summed E-state index contributed by atoms with van der Waals surface area (Å²) < 4.78 is 28.3. The zero-order chi connectivity index (χ0) is 18.0. The van der Waals surface area contributed by atoms with Crippen LogP contribution >= 0.6 is 23.6 Å². The van der Waals surface area contributed by atoms with E-state index in [1.807, 2.05) is 17.5 Å². The molecule has 3 rings (SSSR count). The van der Waals surface area contributed by atoms with Crippen LogP contribution in [0.25, 0.3) is 10.7 Å². The molecule has 9 heteroatoms. The summed E-state index contributed by atoms with van der Waals surface area (Å²) in [5.74, 6) is -1.61. The minimum Gasteiger partial charge on any atom is -0.348 e. The van der Waals surface area contributed by atoms with Crippen LogP contribution < -0.4 is 5.32 Å². The highest BCUT2D eigenvalue weighted by Crippen LogP contribution is 2.23. The first-order chi connectivity index (χ1) is 12.0. The van der Waals surface area contributed by atoms with Crippen molar-refractivity contribution in [1.29, 1.82) is 0 Å². The first kappa shape index (κ1) is 17.4. The van der Waals surface area contributed by atoms with Crippen LogP contribution in [0.3, 0.4) is 0 Å². The van der Waals surface area contributed by atoms with Crippen LogP contribution in [0.2, 0.25) is 0 Å². The van der Waals surface area contributed by atoms with Gasteiger partial charge in [-0.2, -0.15) is 5.10 Å². The molecular formula is C16H14F2N4OS2. The fourth-order valence-corrected chi connectivity index (χ4v) is 3.27. The molecule has 0 aliphatic carbocycles. The van der Waals surface area contributed by atoms with Gasteiger partial charge in [-0.15, -0.1) is 11.3 Å². The highest BCUT2D eigenvalue weighted by atomic mass is 32.1. The largest absolute Gasteiger partial charge is 0.348 e. The van der Waals surface area contributed by atoms with Crippen molar-refractivity contribution < 1.29 is 13.6 Å². The van der Waals surface area contributed by atoms with Gasteiger partial charge in [-0.05, 0) is 48.3 Å². The lowest BCUT2D eigenvalue weighted by atomic mass is 10.1. The van der Waals surface area contributed by atoms with E-state index in [9.17, 15) is 13.6 Å². The monoisotopic (exact) mass is 380 g/mol. The standard InChI is InChI=1S/C16H14F2N4OS2/c1-9(10-4-5-11(17)12(18)7-10)19-14(23)8-22-15(20-21-16(22)24)13-3-2-6-25-13/h2-7,9H,8H2,1H3,(H,19,23)(H,21,24). The number of thiophene rings is 1. The quantitative estimate of drug-likeness (QED) is 0.662. The molecule has 1 unspecified atom stereocenters. The van der Waals surface area contributed by atoms with E-state index in [2.05, 4.69) is 15.5 Å². The fraction of sp³-hybridized carbons (Fsp3) is 0.188. The number of nitrogens with one attached hydrogen (secondary N) is 2. The van der Waals surface area contributed by atoms with E-state index in [0.717, 1.165) is 17.0 Å². The predicted octanol–water partition coefficient (Wildman–Crippen LogP) is 3.82. The maximum Gasteiger partial charge on any atom is 0.240 e. The number of hydrogen-bond acceptors (Lipinski definition) is 4. The van der Waals surface area contributed by atoms with Crippen LogP contribution in [0.4, 0.5) is 8.78 Å². The summed E-state index contributed by atoms with van der Waals surface area (Å²) in [7, 11) is 0. The number of aromatic nitrogens is 3. The number of carbonyl (C=O) groups is 1. The Kier molecular flexibility index (Phi) is 5.05. The Morgan fingerprint density at radius 1 is 1.40 bits per heavy atom. The summed E-state index contributed by atoms with van der Waals surface area (Å²) >= 11 is 6.67. The fourth-order valence-electron chi connectivity index (χ4n) is 2.35. The molecule has 5 nitrogen and oxygen atoms in total. The topological polar surface area (TPSA) is 62.7 Å². The molecule has 0 saturated heterocycles. The van der Waals surface area contributed by atoms with Gasteiger partial charge in [-0.25, -0.2) is 8.78 Å². The van der Waals surface area contributed by atoms with Gasteiger partial charge in [0.25, 0.3) is 0 Å². The molecule has 1 amide bonds. The van der Waals surface area contributed by atoms with Crippen LogP contribution in [0.1, 0.15) is 18.5 Å². The average Bonchev–Trinajstić information content (AvgIpc) is 3.21. The predicted molar refractivity (Wildman–Crippen MR) is 93.6 cm³/mol. The number of benzene rings is 1. The zero-order valence-electron chi connectivity index (χ0n) is 13.1. The molecule has 2 aromatic heterocycles. The van der Waals surface area contributed by atoms with Gasteiger partial charge in [0.1, 0.15) is 6.54 Å². The molecule has 1 atom stereocenters. The molecule has 0 spiro atoms. The summed E-state index contributed by atoms with van der Waals surface area (Å²) in [6.07, 6.45) is 0. The van der Waals surface area contributed by atoms with Crippen LogP contribution in [0, 0.1) is 16.4 Å². The van der Waals surface area contributed by atoms with E-state index in [1.54, 1.807) is 11.5 Å². The molecule has 0 aliphatic heterocycles. The van der Waals surface area contributed by atoms with Crippen molar-refractivity contribution in [3.05, 3.63) is 57.7 Å². The molecule has 25 heavy (non-hydrogen) atoms. The highest BCUT2D eigenvalue weighted by Gasteiger charge is 2.16. The molecule has 3 aromatic rings. The van der Waals surface area contributed by atoms with Crippen LogP contribution in [-0.4, -0.2) is 20.7 Å². The second kappa shape index (κ2) is 7.24. The van der Waals surface area contributed by atoms with Gasteiger partial charge < -0.3 is 5.32 Å². The summed E-state index contributed by atoms with van der Waals surface area (Å²) in [5.41, 5.74) is 0.474. The van der Waals surface area contributed by atoms with Crippen molar-refractivity contribution in [3.8, 4) is 10.7 Å². The maximum atomic E-state index is 13.3. The van der Waals surface area contributed by atoms with Crippen molar-refractivity contribution in [3.63, 3.8) is 0 Å². The molecule has 2 N–H and O–H groups in total. The molecule has 0 fully saturated rings. The van der Waals surface area contributed by atoms with E-state index >= 15 is 0 Å². The lowest BCUT2D eigenvalue weighted by Gasteiger charge is -2.15. The molecular weight excluding hydrogens is 366 g/mol.